The molecule has 0 radical (unpaired) electrons. The number of amides is 1. The van der Waals surface area contributed by atoms with Gasteiger partial charge >= 0.3 is 0 Å². The average molecular weight is 245 g/mol. The number of benzene rings is 1. The van der Waals surface area contributed by atoms with Gasteiger partial charge in [-0.25, -0.2) is 0 Å². The van der Waals surface area contributed by atoms with Gasteiger partial charge in [0.2, 0.25) is 12.1 Å². The molecular formula is C11H11N5O2. The van der Waals surface area contributed by atoms with Crippen LogP contribution in [0.5, 0.6) is 5.75 Å². The zero-order valence-corrected chi connectivity index (χ0v) is 9.72. The number of rotatable bonds is 3. The fourth-order valence-corrected chi connectivity index (χ4v) is 2.09. The summed E-state index contributed by atoms with van der Waals surface area (Å²) in [6, 6.07) is 7.23. The molecule has 3 rings (SSSR count). The third kappa shape index (κ3) is 1.64. The van der Waals surface area contributed by atoms with Gasteiger partial charge in [0, 0.05) is 5.69 Å². The van der Waals surface area contributed by atoms with Crippen LogP contribution >= 0.6 is 0 Å². The van der Waals surface area contributed by atoms with Crippen molar-refractivity contribution in [3.8, 4) is 5.75 Å². The van der Waals surface area contributed by atoms with Crippen LogP contribution in [0.15, 0.2) is 44.9 Å². The van der Waals surface area contributed by atoms with Crippen LogP contribution in [0.2, 0.25) is 0 Å². The van der Waals surface area contributed by atoms with Crippen molar-refractivity contribution in [3.63, 3.8) is 0 Å². The Morgan fingerprint density at radius 1 is 1.22 bits per heavy atom. The average Bonchev–Trinajstić information content (AvgIpc) is 2.90. The van der Waals surface area contributed by atoms with E-state index in [9.17, 15) is 4.79 Å². The molecule has 0 N–H and O–H groups in total. The summed E-state index contributed by atoms with van der Waals surface area (Å²) in [5.41, 5.74) is 0.814. The molecule has 0 spiro atoms. The second-order valence-electron chi connectivity index (χ2n) is 4.06. The van der Waals surface area contributed by atoms with Gasteiger partial charge in [-0.3, -0.25) is 4.79 Å². The first-order valence-electron chi connectivity index (χ1n) is 5.55. The van der Waals surface area contributed by atoms with Gasteiger partial charge in [-0.15, -0.1) is 10.2 Å². The number of hydrogen-bond acceptors (Lipinski definition) is 6. The highest BCUT2D eigenvalue weighted by molar-refractivity contribution is 6.01. The molecule has 0 unspecified atom stereocenters. The molecule has 0 saturated carbocycles. The first kappa shape index (κ1) is 10.8. The lowest BCUT2D eigenvalue weighted by Crippen LogP contribution is -2.57. The van der Waals surface area contributed by atoms with Crippen LogP contribution in [0, 0.1) is 0 Å². The summed E-state index contributed by atoms with van der Waals surface area (Å²) in [7, 11) is 1.60. The van der Waals surface area contributed by atoms with Crippen molar-refractivity contribution in [2.24, 2.45) is 20.7 Å². The van der Waals surface area contributed by atoms with E-state index in [2.05, 4.69) is 20.7 Å². The van der Waals surface area contributed by atoms with E-state index in [0.29, 0.717) is 6.42 Å². The van der Waals surface area contributed by atoms with E-state index >= 15 is 0 Å². The molecule has 7 nitrogen and oxygen atoms in total. The molecule has 0 aromatic heterocycles. The number of β-lactam (4-membered cyclic amide) rings is 1. The van der Waals surface area contributed by atoms with Crippen LogP contribution in [0.4, 0.5) is 5.69 Å². The zero-order valence-electron chi connectivity index (χ0n) is 9.72. The summed E-state index contributed by atoms with van der Waals surface area (Å²) in [6.07, 6.45) is 0.0548. The normalized spacial score (nSPS) is 22.4. The second kappa shape index (κ2) is 4.17. The van der Waals surface area contributed by atoms with E-state index < -0.39 is 0 Å². The minimum absolute atomic E-state index is 0.0578. The molecule has 2 heterocycles. The summed E-state index contributed by atoms with van der Waals surface area (Å²) in [6.45, 7) is 0. The van der Waals surface area contributed by atoms with Gasteiger partial charge < -0.3 is 9.64 Å². The summed E-state index contributed by atoms with van der Waals surface area (Å²) >= 11 is 0. The van der Waals surface area contributed by atoms with Crippen molar-refractivity contribution in [2.45, 2.75) is 18.6 Å². The van der Waals surface area contributed by atoms with E-state index in [4.69, 9.17) is 4.74 Å². The Kier molecular flexibility index (Phi) is 2.51. The van der Waals surface area contributed by atoms with Crippen molar-refractivity contribution in [1.29, 1.82) is 0 Å². The number of carbonyl (C=O) groups is 1. The van der Waals surface area contributed by atoms with Crippen LogP contribution in [0.3, 0.4) is 0 Å². The van der Waals surface area contributed by atoms with Crippen molar-refractivity contribution in [1.82, 2.24) is 0 Å². The molecule has 2 aliphatic rings. The van der Waals surface area contributed by atoms with E-state index in [-0.39, 0.29) is 18.1 Å². The molecular weight excluding hydrogens is 234 g/mol. The molecule has 1 saturated heterocycles. The molecule has 7 heteroatoms. The lowest BCUT2D eigenvalue weighted by Gasteiger charge is -2.40. The summed E-state index contributed by atoms with van der Waals surface area (Å²) in [5, 5.41) is 14.7. The van der Waals surface area contributed by atoms with Crippen molar-refractivity contribution < 1.29 is 9.53 Å². The van der Waals surface area contributed by atoms with Crippen LogP contribution in [0.1, 0.15) is 6.42 Å². The number of ether oxygens (including phenoxy) is 1. The smallest absolute Gasteiger partial charge is 0.229 e. The van der Waals surface area contributed by atoms with Gasteiger partial charge in [0.15, 0.2) is 0 Å². The Balaban J connectivity index is 1.82. The van der Waals surface area contributed by atoms with E-state index in [0.717, 1.165) is 11.4 Å². The van der Waals surface area contributed by atoms with Gasteiger partial charge in [-0.1, -0.05) is 0 Å². The monoisotopic (exact) mass is 245 g/mol. The molecule has 1 fully saturated rings. The number of hydrogen-bond donors (Lipinski definition) is 0. The zero-order chi connectivity index (χ0) is 12.5. The Morgan fingerprint density at radius 3 is 2.44 bits per heavy atom. The van der Waals surface area contributed by atoms with Crippen molar-refractivity contribution in [2.75, 3.05) is 12.0 Å². The highest BCUT2D eigenvalue weighted by Crippen LogP contribution is 2.33. The quantitative estimate of drug-likeness (QED) is 0.763. The van der Waals surface area contributed by atoms with Crippen LogP contribution < -0.4 is 9.64 Å². The first-order chi connectivity index (χ1) is 8.79. The standard InChI is InChI=1S/C11H11N5O2/c1-18-8-4-2-7(3-5-8)16-9(6-10(16)17)11-12-14-15-13-11/h2-5,9,11H,6H2,1H3/t9-/m0/s1. The summed E-state index contributed by atoms with van der Waals surface area (Å²) in [5.74, 6) is 0.811. The van der Waals surface area contributed by atoms with Gasteiger partial charge in [0.25, 0.3) is 0 Å². The van der Waals surface area contributed by atoms with Crippen LogP contribution in [-0.2, 0) is 4.79 Å². The van der Waals surface area contributed by atoms with E-state index in [1.807, 2.05) is 24.3 Å². The lowest BCUT2D eigenvalue weighted by molar-refractivity contribution is -0.124. The fourth-order valence-electron chi connectivity index (χ4n) is 2.09. The largest absolute Gasteiger partial charge is 0.497 e. The van der Waals surface area contributed by atoms with Crippen LogP contribution in [-0.4, -0.2) is 25.2 Å². The molecule has 2 aliphatic heterocycles. The number of nitrogens with zero attached hydrogens (tertiary/aromatic N) is 5. The third-order valence-corrected chi connectivity index (χ3v) is 3.06. The molecule has 92 valence electrons. The van der Waals surface area contributed by atoms with Gasteiger partial charge in [0.05, 0.1) is 19.6 Å². The molecule has 0 aliphatic carbocycles. The third-order valence-electron chi connectivity index (χ3n) is 3.06. The Labute approximate surface area is 103 Å². The highest BCUT2D eigenvalue weighted by Gasteiger charge is 2.43. The van der Waals surface area contributed by atoms with E-state index in [1.54, 1.807) is 12.0 Å². The number of methoxy groups -OCH3 is 1. The maximum absolute atomic E-state index is 11.7. The SMILES string of the molecule is COc1ccc(N2C(=O)C[C@H]2C2N=NN=N2)cc1. The second-order valence-corrected chi connectivity index (χ2v) is 4.06. The Hall–Kier alpha value is -2.31. The van der Waals surface area contributed by atoms with Gasteiger partial charge in [0.1, 0.15) is 5.75 Å². The minimum atomic E-state index is -0.371. The minimum Gasteiger partial charge on any atom is -0.497 e. The molecule has 0 bridgehead atoms. The molecule has 1 aromatic rings. The van der Waals surface area contributed by atoms with Gasteiger partial charge in [-0.05, 0) is 34.7 Å². The predicted octanol–water partition coefficient (Wildman–Crippen LogP) is 1.96. The van der Waals surface area contributed by atoms with E-state index in [1.165, 1.54) is 0 Å². The maximum atomic E-state index is 11.7. The maximum Gasteiger partial charge on any atom is 0.229 e. The summed E-state index contributed by atoms with van der Waals surface area (Å²) in [4.78, 5) is 13.4. The van der Waals surface area contributed by atoms with Gasteiger partial charge in [-0.2, -0.15) is 0 Å². The predicted molar refractivity (Wildman–Crippen MR) is 62.4 cm³/mol. The Bertz CT molecular complexity index is 513. The molecule has 1 amide bonds. The molecule has 18 heavy (non-hydrogen) atoms. The summed E-state index contributed by atoms with van der Waals surface area (Å²) < 4.78 is 5.08. The molecule has 1 aromatic carbocycles. The van der Waals surface area contributed by atoms with Crippen molar-refractivity contribution in [3.05, 3.63) is 24.3 Å². The molecule has 1 atom stereocenters. The lowest BCUT2D eigenvalue weighted by atomic mass is 9.98. The number of carbonyl (C=O) groups excluding carboxylic acids is 1. The number of anilines is 1. The topological polar surface area (TPSA) is 79.0 Å². The highest BCUT2D eigenvalue weighted by atomic mass is 16.5. The van der Waals surface area contributed by atoms with Crippen molar-refractivity contribution >= 4 is 11.6 Å². The fraction of sp³-hybridized carbons (Fsp3) is 0.364. The Morgan fingerprint density at radius 2 is 1.89 bits per heavy atom. The van der Waals surface area contributed by atoms with Crippen LogP contribution in [0.25, 0.3) is 0 Å². The first-order valence-corrected chi connectivity index (χ1v) is 5.55.